The van der Waals surface area contributed by atoms with Crippen molar-refractivity contribution in [3.05, 3.63) is 65.5 Å². The third kappa shape index (κ3) is 5.61. The molecule has 4 rings (SSSR count). The van der Waals surface area contributed by atoms with E-state index in [-0.39, 0.29) is 17.7 Å². The van der Waals surface area contributed by atoms with E-state index in [0.717, 1.165) is 29.2 Å². The first-order chi connectivity index (χ1) is 19.1. The molecule has 2 aliphatic rings. The SMILES string of the molecule is O=C(N1CC(S(=O)(=O)c2ccc(F)cc2)[C@@H](c2ccc(C(F)(C(F)(F)F)C(F)(F)F)cc2)C1)C1(F)CCS(=O)(=O)CC1. The highest BCUT2D eigenvalue weighted by atomic mass is 32.2. The number of rotatable bonds is 5. The molecule has 0 saturated carbocycles. The second-order valence-electron chi connectivity index (χ2n) is 10.2. The lowest BCUT2D eigenvalue weighted by Crippen LogP contribution is -2.50. The van der Waals surface area contributed by atoms with Crippen LogP contribution in [-0.4, -0.2) is 75.5 Å². The zero-order valence-electron chi connectivity index (χ0n) is 21.2. The molecule has 2 aromatic carbocycles. The molecule has 2 saturated heterocycles. The van der Waals surface area contributed by atoms with Gasteiger partial charge in [0.1, 0.15) is 5.82 Å². The Morgan fingerprint density at radius 2 is 1.33 bits per heavy atom. The van der Waals surface area contributed by atoms with Crippen LogP contribution in [0.5, 0.6) is 0 Å². The lowest BCUT2D eigenvalue weighted by Gasteiger charge is -2.32. The quantitative estimate of drug-likeness (QED) is 0.343. The molecule has 0 spiro atoms. The summed E-state index contributed by atoms with van der Waals surface area (Å²) in [4.78, 5) is 13.6. The molecule has 2 fully saturated rings. The fourth-order valence-electron chi connectivity index (χ4n) is 5.18. The van der Waals surface area contributed by atoms with Gasteiger partial charge in [-0.15, -0.1) is 0 Å². The summed E-state index contributed by atoms with van der Waals surface area (Å²) in [5, 5.41) is -1.63. The Labute approximate surface area is 234 Å². The number of benzene rings is 2. The van der Waals surface area contributed by atoms with Gasteiger partial charge in [0.15, 0.2) is 25.3 Å². The number of sulfone groups is 2. The minimum Gasteiger partial charge on any atom is -0.338 e. The molecule has 2 aromatic rings. The Balaban J connectivity index is 1.74. The van der Waals surface area contributed by atoms with Crippen molar-refractivity contribution in [2.45, 2.75) is 52.6 Å². The molecule has 0 aliphatic carbocycles. The van der Waals surface area contributed by atoms with Crippen molar-refractivity contribution < 1.29 is 61.1 Å². The summed E-state index contributed by atoms with van der Waals surface area (Å²) in [6.45, 7) is -1.25. The van der Waals surface area contributed by atoms with Gasteiger partial charge in [-0.2, -0.15) is 26.3 Å². The highest BCUT2D eigenvalue weighted by Gasteiger charge is 2.73. The fourth-order valence-corrected chi connectivity index (χ4v) is 8.57. The van der Waals surface area contributed by atoms with Crippen molar-refractivity contribution in [2.24, 2.45) is 0 Å². The van der Waals surface area contributed by atoms with Gasteiger partial charge in [0.2, 0.25) is 0 Å². The second-order valence-corrected chi connectivity index (χ2v) is 14.7. The maximum atomic E-state index is 15.6. The minimum absolute atomic E-state index is 0.199. The van der Waals surface area contributed by atoms with Crippen LogP contribution in [0.4, 0.5) is 39.5 Å². The molecular formula is C25H22F9NO5S2. The molecule has 0 aromatic heterocycles. The summed E-state index contributed by atoms with van der Waals surface area (Å²) in [6.07, 6.45) is -14.2. The van der Waals surface area contributed by atoms with Crippen LogP contribution in [0.2, 0.25) is 0 Å². The fraction of sp³-hybridized carbons (Fsp3) is 0.480. The predicted octanol–water partition coefficient (Wildman–Crippen LogP) is 4.80. The van der Waals surface area contributed by atoms with E-state index in [4.69, 9.17) is 0 Å². The Morgan fingerprint density at radius 3 is 1.81 bits per heavy atom. The third-order valence-corrected chi connectivity index (χ3v) is 11.5. The van der Waals surface area contributed by atoms with Crippen LogP contribution >= 0.6 is 0 Å². The molecule has 0 N–H and O–H groups in total. The monoisotopic (exact) mass is 651 g/mol. The normalized spacial score (nSPS) is 23.1. The van der Waals surface area contributed by atoms with Gasteiger partial charge in [-0.1, -0.05) is 24.3 Å². The number of hydrogen-bond donors (Lipinski definition) is 0. The number of hydrogen-bond acceptors (Lipinski definition) is 5. The van der Waals surface area contributed by atoms with Gasteiger partial charge < -0.3 is 4.90 Å². The summed E-state index contributed by atoms with van der Waals surface area (Å²) in [7, 11) is -8.09. The van der Waals surface area contributed by atoms with E-state index >= 15 is 4.39 Å². The average Bonchev–Trinajstić information content (AvgIpc) is 3.35. The highest BCUT2D eigenvalue weighted by Crippen LogP contribution is 2.53. The highest BCUT2D eigenvalue weighted by molar-refractivity contribution is 7.92. The van der Waals surface area contributed by atoms with Crippen LogP contribution in [-0.2, 0) is 30.1 Å². The molecule has 17 heteroatoms. The van der Waals surface area contributed by atoms with Crippen LogP contribution < -0.4 is 0 Å². The second kappa shape index (κ2) is 10.4. The maximum absolute atomic E-state index is 15.6. The molecular weight excluding hydrogens is 629 g/mol. The molecule has 42 heavy (non-hydrogen) atoms. The van der Waals surface area contributed by atoms with Gasteiger partial charge in [0.25, 0.3) is 5.91 Å². The van der Waals surface area contributed by atoms with Crippen molar-refractivity contribution in [1.82, 2.24) is 4.90 Å². The van der Waals surface area contributed by atoms with Crippen molar-refractivity contribution in [3.8, 4) is 0 Å². The van der Waals surface area contributed by atoms with E-state index in [1.807, 2.05) is 0 Å². The van der Waals surface area contributed by atoms with E-state index in [9.17, 15) is 56.8 Å². The lowest BCUT2D eigenvalue weighted by molar-refractivity contribution is -0.348. The van der Waals surface area contributed by atoms with Gasteiger partial charge >= 0.3 is 18.0 Å². The lowest BCUT2D eigenvalue weighted by atomic mass is 9.90. The van der Waals surface area contributed by atoms with E-state index in [2.05, 4.69) is 0 Å². The number of alkyl halides is 8. The Bertz CT molecular complexity index is 1530. The zero-order chi connectivity index (χ0) is 31.5. The number of likely N-dealkylation sites (tertiary alicyclic amines) is 1. The first-order valence-electron chi connectivity index (χ1n) is 12.2. The van der Waals surface area contributed by atoms with Crippen LogP contribution in [0.1, 0.15) is 29.9 Å². The summed E-state index contributed by atoms with van der Waals surface area (Å²) in [6, 6.07) is 5.17. The average molecular weight is 652 g/mol. The Hall–Kier alpha value is -2.82. The van der Waals surface area contributed by atoms with Gasteiger partial charge in [-0.25, -0.2) is 30.0 Å². The standard InChI is InChI=1S/C25H22F9NO5S2/c26-17-5-7-18(8-6-17)42(39,40)20-14-35(21(36)22(27)9-11-41(37,38)12-10-22)13-19(20)15-1-3-16(4-2-15)23(28,24(29,30)31)25(32,33)34/h1-8,19-20H,9-14H2/t19-,20?/m1/s1. The van der Waals surface area contributed by atoms with Crippen molar-refractivity contribution >= 4 is 25.6 Å². The zero-order valence-corrected chi connectivity index (χ0v) is 22.9. The van der Waals surface area contributed by atoms with E-state index < -0.39 is 114 Å². The number of nitrogens with zero attached hydrogens (tertiary/aromatic N) is 1. The van der Waals surface area contributed by atoms with E-state index in [1.54, 1.807) is 0 Å². The summed E-state index contributed by atoms with van der Waals surface area (Å²) in [5.74, 6) is -4.66. The topological polar surface area (TPSA) is 88.6 Å². The molecule has 232 valence electrons. The molecule has 6 nitrogen and oxygen atoms in total. The van der Waals surface area contributed by atoms with Gasteiger partial charge in [0.05, 0.1) is 21.7 Å². The van der Waals surface area contributed by atoms with E-state index in [0.29, 0.717) is 12.1 Å². The van der Waals surface area contributed by atoms with Crippen LogP contribution in [0, 0.1) is 5.82 Å². The number of halogens is 9. The first kappa shape index (κ1) is 32.1. The van der Waals surface area contributed by atoms with Crippen molar-refractivity contribution in [1.29, 1.82) is 0 Å². The maximum Gasteiger partial charge on any atom is 0.435 e. The molecule has 1 amide bonds. The summed E-state index contributed by atoms with van der Waals surface area (Å²) >= 11 is 0. The summed E-state index contributed by atoms with van der Waals surface area (Å²) in [5.41, 5.74) is -10.4. The number of amides is 1. The van der Waals surface area contributed by atoms with Crippen LogP contribution in [0.15, 0.2) is 53.4 Å². The predicted molar refractivity (Wildman–Crippen MR) is 130 cm³/mol. The summed E-state index contributed by atoms with van der Waals surface area (Å²) < 4.78 is 173. The molecule has 2 atom stereocenters. The smallest absolute Gasteiger partial charge is 0.338 e. The van der Waals surface area contributed by atoms with Crippen LogP contribution in [0.3, 0.4) is 0 Å². The molecule has 0 bridgehead atoms. The number of carbonyl (C=O) groups excluding carboxylic acids is 1. The van der Waals surface area contributed by atoms with Gasteiger partial charge in [-0.05, 0) is 29.8 Å². The number of carbonyl (C=O) groups is 1. The Kier molecular flexibility index (Phi) is 7.96. The molecule has 2 aliphatic heterocycles. The third-order valence-electron chi connectivity index (χ3n) is 7.61. The van der Waals surface area contributed by atoms with E-state index in [1.165, 1.54) is 0 Å². The molecule has 0 radical (unpaired) electrons. The first-order valence-corrected chi connectivity index (χ1v) is 15.6. The largest absolute Gasteiger partial charge is 0.435 e. The molecule has 2 heterocycles. The van der Waals surface area contributed by atoms with Crippen molar-refractivity contribution in [2.75, 3.05) is 24.6 Å². The minimum atomic E-state index is -6.39. The van der Waals surface area contributed by atoms with Gasteiger partial charge in [-0.3, -0.25) is 4.79 Å². The van der Waals surface area contributed by atoms with Crippen molar-refractivity contribution in [3.63, 3.8) is 0 Å². The van der Waals surface area contributed by atoms with Crippen LogP contribution in [0.25, 0.3) is 0 Å². The molecule has 1 unspecified atom stereocenters. The Morgan fingerprint density at radius 1 is 0.833 bits per heavy atom. The van der Waals surface area contributed by atoms with Gasteiger partial charge in [0, 0.05) is 37.4 Å².